The molecule has 1 amide bonds. The summed E-state index contributed by atoms with van der Waals surface area (Å²) in [6.45, 7) is 0.667. The van der Waals surface area contributed by atoms with Gasteiger partial charge >= 0.3 is 0 Å². The topological polar surface area (TPSA) is 89.3 Å². The number of sulfonamides is 1. The molecule has 0 spiro atoms. The maximum atomic E-state index is 12.1. The summed E-state index contributed by atoms with van der Waals surface area (Å²) in [7, 11) is -3.67. The maximum absolute atomic E-state index is 12.1. The summed E-state index contributed by atoms with van der Waals surface area (Å²) in [5.41, 5.74) is 2.30. The van der Waals surface area contributed by atoms with Crippen LogP contribution >= 0.6 is 0 Å². The second kappa shape index (κ2) is 6.98. The molecule has 2 aromatic carbocycles. The van der Waals surface area contributed by atoms with Crippen LogP contribution in [0.2, 0.25) is 0 Å². The lowest BCUT2D eigenvalue weighted by atomic mass is 9.96. The van der Waals surface area contributed by atoms with Crippen LogP contribution in [-0.2, 0) is 26.7 Å². The molecule has 0 aliphatic heterocycles. The normalized spacial score (nSPS) is 15.6. The molecule has 0 saturated heterocycles. The molecule has 25 heavy (non-hydrogen) atoms. The molecule has 1 aliphatic carbocycles. The fourth-order valence-corrected chi connectivity index (χ4v) is 3.49. The van der Waals surface area contributed by atoms with Gasteiger partial charge in [0.15, 0.2) is 0 Å². The molecule has 6 heteroatoms. The third kappa shape index (κ3) is 4.46. The number of hydrogen-bond acceptors (Lipinski definition) is 3. The number of carbonyl (C=O) groups is 1. The third-order valence-corrected chi connectivity index (χ3v) is 5.69. The SMILES string of the molecule is NS(=O)(=O)c1ccc(CCC(=O)NCC2(c3ccccc3)CC2)cc1. The van der Waals surface area contributed by atoms with E-state index in [1.807, 2.05) is 18.2 Å². The first kappa shape index (κ1) is 17.6. The van der Waals surface area contributed by atoms with Crippen molar-refractivity contribution in [3.63, 3.8) is 0 Å². The number of rotatable bonds is 7. The fourth-order valence-electron chi connectivity index (χ4n) is 2.97. The number of carbonyl (C=O) groups excluding carboxylic acids is 1. The molecular weight excluding hydrogens is 336 g/mol. The average Bonchev–Trinajstić information content (AvgIpc) is 3.40. The van der Waals surface area contributed by atoms with Crippen LogP contribution < -0.4 is 10.5 Å². The van der Waals surface area contributed by atoms with E-state index in [0.29, 0.717) is 19.4 Å². The summed E-state index contributed by atoms with van der Waals surface area (Å²) in [6.07, 6.45) is 3.15. The first-order valence-corrected chi connectivity index (χ1v) is 9.88. The first-order valence-electron chi connectivity index (χ1n) is 8.33. The van der Waals surface area contributed by atoms with Crippen LogP contribution in [-0.4, -0.2) is 20.9 Å². The molecule has 1 saturated carbocycles. The average molecular weight is 358 g/mol. The number of nitrogens with one attached hydrogen (secondary N) is 1. The van der Waals surface area contributed by atoms with Crippen molar-refractivity contribution in [1.82, 2.24) is 5.32 Å². The molecule has 3 N–H and O–H groups in total. The predicted octanol–water partition coefficient (Wildman–Crippen LogP) is 2.11. The molecule has 0 bridgehead atoms. The summed E-state index contributed by atoms with van der Waals surface area (Å²) >= 11 is 0. The minimum Gasteiger partial charge on any atom is -0.355 e. The molecule has 5 nitrogen and oxygen atoms in total. The monoisotopic (exact) mass is 358 g/mol. The lowest BCUT2D eigenvalue weighted by Gasteiger charge is -2.16. The van der Waals surface area contributed by atoms with Gasteiger partial charge < -0.3 is 5.32 Å². The van der Waals surface area contributed by atoms with Gasteiger partial charge in [0.25, 0.3) is 0 Å². The van der Waals surface area contributed by atoms with Crippen molar-refractivity contribution in [2.75, 3.05) is 6.54 Å². The van der Waals surface area contributed by atoms with Crippen LogP contribution in [0.4, 0.5) is 0 Å². The predicted molar refractivity (Wildman–Crippen MR) is 96.5 cm³/mol. The number of nitrogens with two attached hydrogens (primary N) is 1. The summed E-state index contributed by atoms with van der Waals surface area (Å²) in [4.78, 5) is 12.2. The van der Waals surface area contributed by atoms with E-state index in [1.54, 1.807) is 12.1 Å². The van der Waals surface area contributed by atoms with Gasteiger partial charge in [0.1, 0.15) is 0 Å². The molecule has 132 valence electrons. The van der Waals surface area contributed by atoms with Crippen LogP contribution in [0.3, 0.4) is 0 Å². The minimum absolute atomic E-state index is 0.0118. The third-order valence-electron chi connectivity index (χ3n) is 4.76. The summed E-state index contributed by atoms with van der Waals surface area (Å²) in [5, 5.41) is 8.11. The molecule has 0 aromatic heterocycles. The molecule has 1 aliphatic rings. The van der Waals surface area contributed by atoms with E-state index >= 15 is 0 Å². The Morgan fingerprint density at radius 1 is 1.04 bits per heavy atom. The van der Waals surface area contributed by atoms with Gasteiger partial charge in [-0.3, -0.25) is 4.79 Å². The molecule has 0 heterocycles. The van der Waals surface area contributed by atoms with Crippen LogP contribution in [0.1, 0.15) is 30.4 Å². The van der Waals surface area contributed by atoms with E-state index < -0.39 is 10.0 Å². The lowest BCUT2D eigenvalue weighted by molar-refractivity contribution is -0.121. The highest BCUT2D eigenvalue weighted by Crippen LogP contribution is 2.47. The highest BCUT2D eigenvalue weighted by atomic mass is 32.2. The Morgan fingerprint density at radius 3 is 2.24 bits per heavy atom. The van der Waals surface area contributed by atoms with Crippen molar-refractivity contribution in [2.45, 2.75) is 36.0 Å². The van der Waals surface area contributed by atoms with Crippen LogP contribution in [0.25, 0.3) is 0 Å². The van der Waals surface area contributed by atoms with E-state index in [-0.39, 0.29) is 16.2 Å². The quantitative estimate of drug-likeness (QED) is 0.794. The number of amides is 1. The Kier molecular flexibility index (Phi) is 4.92. The highest BCUT2D eigenvalue weighted by Gasteiger charge is 2.44. The molecule has 3 rings (SSSR count). The smallest absolute Gasteiger partial charge is 0.238 e. The zero-order valence-electron chi connectivity index (χ0n) is 13.9. The summed E-state index contributed by atoms with van der Waals surface area (Å²) in [6, 6.07) is 16.6. The van der Waals surface area contributed by atoms with E-state index in [1.165, 1.54) is 17.7 Å². The van der Waals surface area contributed by atoms with Crippen molar-refractivity contribution in [3.8, 4) is 0 Å². The number of benzene rings is 2. The van der Waals surface area contributed by atoms with Crippen molar-refractivity contribution in [3.05, 3.63) is 65.7 Å². The van der Waals surface area contributed by atoms with Gasteiger partial charge in [-0.05, 0) is 42.5 Å². The second-order valence-electron chi connectivity index (χ2n) is 6.61. The van der Waals surface area contributed by atoms with Gasteiger partial charge in [0.05, 0.1) is 4.90 Å². The van der Waals surface area contributed by atoms with Gasteiger partial charge in [0.2, 0.25) is 15.9 Å². The molecule has 0 radical (unpaired) electrons. The Morgan fingerprint density at radius 2 is 1.68 bits per heavy atom. The fraction of sp³-hybridized carbons (Fsp3) is 0.316. The van der Waals surface area contributed by atoms with E-state index in [4.69, 9.17) is 5.14 Å². The second-order valence-corrected chi connectivity index (χ2v) is 8.17. The Balaban J connectivity index is 1.49. The van der Waals surface area contributed by atoms with Crippen molar-refractivity contribution in [1.29, 1.82) is 0 Å². The van der Waals surface area contributed by atoms with Crippen LogP contribution in [0, 0.1) is 0 Å². The van der Waals surface area contributed by atoms with Crippen molar-refractivity contribution < 1.29 is 13.2 Å². The Labute approximate surface area is 148 Å². The van der Waals surface area contributed by atoms with Crippen molar-refractivity contribution in [2.24, 2.45) is 5.14 Å². The van der Waals surface area contributed by atoms with Gasteiger partial charge in [0, 0.05) is 18.4 Å². The zero-order chi connectivity index (χ0) is 17.9. The van der Waals surface area contributed by atoms with E-state index in [0.717, 1.165) is 18.4 Å². The van der Waals surface area contributed by atoms with Gasteiger partial charge in [-0.25, -0.2) is 13.6 Å². The summed E-state index contributed by atoms with van der Waals surface area (Å²) < 4.78 is 22.5. The standard InChI is InChI=1S/C19H22N2O3S/c20-25(23,24)17-9-6-15(7-10-17)8-11-18(22)21-14-19(12-13-19)16-4-2-1-3-5-16/h1-7,9-10H,8,11-14H2,(H,21,22)(H2,20,23,24). The van der Waals surface area contributed by atoms with Crippen molar-refractivity contribution >= 4 is 15.9 Å². The number of primary sulfonamides is 1. The Hall–Kier alpha value is -2.18. The number of aryl methyl sites for hydroxylation is 1. The largest absolute Gasteiger partial charge is 0.355 e. The van der Waals surface area contributed by atoms with Crippen LogP contribution in [0.15, 0.2) is 59.5 Å². The maximum Gasteiger partial charge on any atom is 0.238 e. The first-order chi connectivity index (χ1) is 11.9. The van der Waals surface area contributed by atoms with Gasteiger partial charge in [-0.1, -0.05) is 42.5 Å². The van der Waals surface area contributed by atoms with E-state index in [2.05, 4.69) is 17.4 Å². The number of hydrogen-bond donors (Lipinski definition) is 2. The molecule has 1 fully saturated rings. The Bertz CT molecular complexity index is 842. The zero-order valence-corrected chi connectivity index (χ0v) is 14.8. The molecule has 0 unspecified atom stereocenters. The van der Waals surface area contributed by atoms with Gasteiger partial charge in [-0.15, -0.1) is 0 Å². The molecule has 2 aromatic rings. The summed E-state index contributed by atoms with van der Waals surface area (Å²) in [5.74, 6) is 0.0118. The lowest BCUT2D eigenvalue weighted by Crippen LogP contribution is -2.32. The highest BCUT2D eigenvalue weighted by molar-refractivity contribution is 7.89. The van der Waals surface area contributed by atoms with Crippen LogP contribution in [0.5, 0.6) is 0 Å². The van der Waals surface area contributed by atoms with E-state index in [9.17, 15) is 13.2 Å². The molecular formula is C19H22N2O3S. The van der Waals surface area contributed by atoms with Gasteiger partial charge in [-0.2, -0.15) is 0 Å². The minimum atomic E-state index is -3.67. The molecule has 0 atom stereocenters.